The molecule has 4 rings (SSSR count). The molecule has 1 aromatic heterocycles. The predicted octanol–water partition coefficient (Wildman–Crippen LogP) is 5.04. The van der Waals surface area contributed by atoms with Gasteiger partial charge in [0.15, 0.2) is 0 Å². The third-order valence-electron chi connectivity index (χ3n) is 5.73. The lowest BCUT2D eigenvalue weighted by Gasteiger charge is -2.32. The van der Waals surface area contributed by atoms with Gasteiger partial charge < -0.3 is 10.2 Å². The lowest BCUT2D eigenvalue weighted by Crippen LogP contribution is -2.38. The first-order valence-corrected chi connectivity index (χ1v) is 10.7. The van der Waals surface area contributed by atoms with Gasteiger partial charge in [-0.15, -0.1) is 0 Å². The van der Waals surface area contributed by atoms with E-state index in [0.717, 1.165) is 24.2 Å². The summed E-state index contributed by atoms with van der Waals surface area (Å²) in [4.78, 5) is 30.8. The van der Waals surface area contributed by atoms with Crippen LogP contribution in [0.2, 0.25) is 0 Å². The molecular formula is C26H27N3O2. The number of carbonyl (C=O) groups excluding carboxylic acids is 2. The Bertz CT molecular complexity index is 1070. The number of carbonyl (C=O) groups is 2. The molecule has 0 aliphatic carbocycles. The first-order chi connectivity index (χ1) is 15.0. The van der Waals surface area contributed by atoms with Gasteiger partial charge in [0.05, 0.1) is 0 Å². The average molecular weight is 414 g/mol. The largest absolute Gasteiger partial charge is 0.339 e. The van der Waals surface area contributed by atoms with Crippen molar-refractivity contribution in [3.05, 3.63) is 83.7 Å². The molecule has 5 heteroatoms. The van der Waals surface area contributed by atoms with E-state index in [1.54, 1.807) is 24.3 Å². The van der Waals surface area contributed by atoms with Crippen molar-refractivity contribution in [2.45, 2.75) is 32.6 Å². The van der Waals surface area contributed by atoms with Crippen molar-refractivity contribution >= 4 is 17.5 Å². The van der Waals surface area contributed by atoms with Crippen LogP contribution in [0, 0.1) is 6.92 Å². The number of hydrogen-bond acceptors (Lipinski definition) is 3. The minimum atomic E-state index is -0.124. The number of hydrogen-bond donors (Lipinski definition) is 1. The fraction of sp³-hybridized carbons (Fsp3) is 0.269. The molecule has 31 heavy (non-hydrogen) atoms. The van der Waals surface area contributed by atoms with Gasteiger partial charge in [0.25, 0.3) is 5.91 Å². The van der Waals surface area contributed by atoms with Crippen LogP contribution in [0.4, 0.5) is 5.69 Å². The van der Waals surface area contributed by atoms with Crippen molar-refractivity contribution < 1.29 is 9.59 Å². The van der Waals surface area contributed by atoms with Crippen LogP contribution in [-0.2, 0) is 4.79 Å². The van der Waals surface area contributed by atoms with Gasteiger partial charge in [-0.2, -0.15) is 0 Å². The molecule has 0 unspecified atom stereocenters. The van der Waals surface area contributed by atoms with Gasteiger partial charge in [0.2, 0.25) is 5.91 Å². The Labute approximate surface area is 183 Å². The maximum atomic E-state index is 12.9. The fourth-order valence-electron chi connectivity index (χ4n) is 4.16. The summed E-state index contributed by atoms with van der Waals surface area (Å²) in [6.45, 7) is 4.94. The van der Waals surface area contributed by atoms with Gasteiger partial charge in [0, 0.05) is 48.6 Å². The molecule has 0 bridgehead atoms. The number of nitrogens with zero attached hydrogens (tertiary/aromatic N) is 2. The van der Waals surface area contributed by atoms with Crippen LogP contribution in [0.15, 0.2) is 66.7 Å². The van der Waals surface area contributed by atoms with Crippen molar-refractivity contribution in [3.8, 4) is 11.1 Å². The van der Waals surface area contributed by atoms with E-state index in [1.165, 1.54) is 18.1 Å². The normalized spacial score (nSPS) is 14.3. The molecule has 5 nitrogen and oxygen atoms in total. The van der Waals surface area contributed by atoms with Gasteiger partial charge in [-0.05, 0) is 67.3 Å². The zero-order valence-corrected chi connectivity index (χ0v) is 18.0. The minimum Gasteiger partial charge on any atom is -0.339 e. The second kappa shape index (κ2) is 9.13. The maximum Gasteiger partial charge on any atom is 0.253 e. The molecule has 0 radical (unpaired) electrons. The summed E-state index contributed by atoms with van der Waals surface area (Å²) in [6, 6.07) is 21.8. The Hall–Kier alpha value is -3.47. The van der Waals surface area contributed by atoms with Crippen LogP contribution in [-0.4, -0.2) is 34.8 Å². The van der Waals surface area contributed by atoms with Crippen LogP contribution >= 0.6 is 0 Å². The minimum absolute atomic E-state index is 0.0370. The van der Waals surface area contributed by atoms with E-state index in [2.05, 4.69) is 41.7 Å². The van der Waals surface area contributed by atoms with E-state index in [0.29, 0.717) is 30.3 Å². The molecule has 3 aromatic rings. The number of piperidine rings is 1. The standard InChI is InChI=1S/C26H27N3O2/c1-18-16-23(20-6-4-3-5-7-20)17-25(27-18)21-12-14-29(15-13-21)26(31)22-8-10-24(11-9-22)28-19(2)30/h3-11,16-17,21H,12-15H2,1-2H3,(H,28,30). The highest BCUT2D eigenvalue weighted by Crippen LogP contribution is 2.31. The lowest BCUT2D eigenvalue weighted by atomic mass is 9.91. The number of aromatic nitrogens is 1. The zero-order chi connectivity index (χ0) is 21.8. The number of benzene rings is 2. The SMILES string of the molecule is CC(=O)Nc1ccc(C(=O)N2CCC(c3cc(-c4ccccc4)cc(C)n3)CC2)cc1. The predicted molar refractivity (Wildman–Crippen MR) is 123 cm³/mol. The van der Waals surface area contributed by atoms with E-state index in [9.17, 15) is 9.59 Å². The number of amides is 2. The van der Waals surface area contributed by atoms with Crippen molar-refractivity contribution in [2.75, 3.05) is 18.4 Å². The lowest BCUT2D eigenvalue weighted by molar-refractivity contribution is -0.114. The second-order valence-electron chi connectivity index (χ2n) is 8.11. The van der Waals surface area contributed by atoms with Crippen LogP contribution in [0.3, 0.4) is 0 Å². The summed E-state index contributed by atoms with van der Waals surface area (Å²) >= 11 is 0. The molecule has 0 saturated carbocycles. The number of pyridine rings is 1. The quantitative estimate of drug-likeness (QED) is 0.652. The van der Waals surface area contributed by atoms with Gasteiger partial charge in [-0.25, -0.2) is 0 Å². The molecule has 158 valence electrons. The van der Waals surface area contributed by atoms with Crippen molar-refractivity contribution in [2.24, 2.45) is 0 Å². The van der Waals surface area contributed by atoms with Crippen LogP contribution in [0.5, 0.6) is 0 Å². The number of likely N-dealkylation sites (tertiary alicyclic amines) is 1. The highest BCUT2D eigenvalue weighted by molar-refractivity contribution is 5.95. The summed E-state index contributed by atoms with van der Waals surface area (Å²) in [7, 11) is 0. The van der Waals surface area contributed by atoms with Crippen molar-refractivity contribution in [1.82, 2.24) is 9.88 Å². The molecule has 2 amide bonds. The van der Waals surface area contributed by atoms with E-state index in [-0.39, 0.29) is 11.8 Å². The Morgan fingerprint density at radius 1 is 0.935 bits per heavy atom. The average Bonchev–Trinajstić information content (AvgIpc) is 2.79. The van der Waals surface area contributed by atoms with E-state index >= 15 is 0 Å². The van der Waals surface area contributed by atoms with Crippen molar-refractivity contribution in [3.63, 3.8) is 0 Å². The van der Waals surface area contributed by atoms with Crippen LogP contribution in [0.1, 0.15) is 47.4 Å². The van der Waals surface area contributed by atoms with Crippen LogP contribution in [0.25, 0.3) is 11.1 Å². The summed E-state index contributed by atoms with van der Waals surface area (Å²) in [6.07, 6.45) is 1.81. The third-order valence-corrected chi connectivity index (χ3v) is 5.73. The second-order valence-corrected chi connectivity index (χ2v) is 8.11. The first kappa shape index (κ1) is 20.8. The smallest absolute Gasteiger partial charge is 0.253 e. The Kier molecular flexibility index (Phi) is 6.12. The summed E-state index contributed by atoms with van der Waals surface area (Å²) in [5.74, 6) is 0.268. The molecule has 0 atom stereocenters. The van der Waals surface area contributed by atoms with Gasteiger partial charge in [-0.1, -0.05) is 30.3 Å². The fourth-order valence-corrected chi connectivity index (χ4v) is 4.16. The summed E-state index contributed by atoms with van der Waals surface area (Å²) in [5.41, 5.74) is 5.88. The molecule has 1 aliphatic rings. The maximum absolute atomic E-state index is 12.9. The summed E-state index contributed by atoms with van der Waals surface area (Å²) < 4.78 is 0. The van der Waals surface area contributed by atoms with Gasteiger partial charge in [0.1, 0.15) is 0 Å². The molecule has 2 aromatic carbocycles. The topological polar surface area (TPSA) is 62.3 Å². The molecule has 1 aliphatic heterocycles. The third kappa shape index (κ3) is 5.00. The highest BCUT2D eigenvalue weighted by Gasteiger charge is 2.25. The number of aryl methyl sites for hydroxylation is 1. The molecular weight excluding hydrogens is 386 g/mol. The summed E-state index contributed by atoms with van der Waals surface area (Å²) in [5, 5.41) is 2.72. The first-order valence-electron chi connectivity index (χ1n) is 10.7. The van der Waals surface area contributed by atoms with E-state index in [1.807, 2.05) is 17.9 Å². The zero-order valence-electron chi connectivity index (χ0n) is 18.0. The van der Waals surface area contributed by atoms with Crippen LogP contribution < -0.4 is 5.32 Å². The molecule has 1 N–H and O–H groups in total. The number of rotatable bonds is 4. The molecule has 2 heterocycles. The van der Waals surface area contributed by atoms with E-state index in [4.69, 9.17) is 4.98 Å². The molecule has 1 fully saturated rings. The molecule has 0 spiro atoms. The van der Waals surface area contributed by atoms with Gasteiger partial charge in [-0.3, -0.25) is 14.6 Å². The Balaban J connectivity index is 1.42. The Morgan fingerprint density at radius 3 is 2.26 bits per heavy atom. The van der Waals surface area contributed by atoms with Gasteiger partial charge >= 0.3 is 0 Å². The highest BCUT2D eigenvalue weighted by atomic mass is 16.2. The molecule has 1 saturated heterocycles. The van der Waals surface area contributed by atoms with Crippen molar-refractivity contribution in [1.29, 1.82) is 0 Å². The Morgan fingerprint density at radius 2 is 1.61 bits per heavy atom. The van der Waals surface area contributed by atoms with E-state index < -0.39 is 0 Å². The number of nitrogens with one attached hydrogen (secondary N) is 1. The number of anilines is 1. The monoisotopic (exact) mass is 413 g/mol.